The molecule has 0 aromatic rings. The first kappa shape index (κ1) is 10.9. The molecule has 0 fully saturated rings. The van der Waals surface area contributed by atoms with Gasteiger partial charge in [-0.1, -0.05) is 18.6 Å². The molecule has 0 radical (unpaired) electrons. The molecule has 0 aromatic heterocycles. The number of esters is 1. The van der Waals surface area contributed by atoms with Crippen molar-refractivity contribution in [3.8, 4) is 0 Å². The van der Waals surface area contributed by atoms with Crippen LogP contribution in [0.5, 0.6) is 0 Å². The van der Waals surface area contributed by atoms with Crippen molar-refractivity contribution in [2.45, 2.75) is 32.2 Å². The fraction of sp³-hybridized carbons (Fsp3) is 0.889. The van der Waals surface area contributed by atoms with Crippen LogP contribution in [0.3, 0.4) is 0 Å². The highest BCUT2D eigenvalue weighted by atomic mass is 16.5. The Morgan fingerprint density at radius 1 is 1.64 bits per heavy atom. The van der Waals surface area contributed by atoms with E-state index in [0.29, 0.717) is 6.54 Å². The summed E-state index contributed by atoms with van der Waals surface area (Å²) in [6.45, 7) is 5.24. The van der Waals surface area contributed by atoms with E-state index in [-0.39, 0.29) is 5.97 Å². The number of nitrogens with zero attached hydrogens (tertiary/aromatic N) is 3. The Balaban J connectivity index is 2.48. The van der Waals surface area contributed by atoms with Crippen LogP contribution in [0.25, 0.3) is 0 Å². The normalized spacial score (nSPS) is 25.5. The van der Waals surface area contributed by atoms with E-state index in [2.05, 4.69) is 22.0 Å². The average Bonchev–Trinajstić information content (AvgIpc) is 2.57. The zero-order valence-electron chi connectivity index (χ0n) is 8.99. The third-order valence-corrected chi connectivity index (χ3v) is 2.28. The molecule has 0 saturated heterocycles. The summed E-state index contributed by atoms with van der Waals surface area (Å²) in [5.41, 5.74) is -0.803. The fourth-order valence-electron chi connectivity index (χ4n) is 1.37. The van der Waals surface area contributed by atoms with Crippen molar-refractivity contribution in [3.05, 3.63) is 0 Å². The Labute approximate surface area is 84.1 Å². The maximum Gasteiger partial charge on any atom is 0.337 e. The molecular formula is C9H17N3O2. The topological polar surface area (TPSA) is 54.3 Å². The zero-order chi connectivity index (χ0) is 10.6. The lowest BCUT2D eigenvalue weighted by Crippen LogP contribution is -2.40. The SMILES string of the molecule is CCCCN1CC(C)(C(=O)OC)N=N1. The lowest BCUT2D eigenvalue weighted by molar-refractivity contribution is -0.146. The number of hydrogen-bond donors (Lipinski definition) is 0. The highest BCUT2D eigenvalue weighted by Gasteiger charge is 2.40. The molecule has 0 N–H and O–H groups in total. The van der Waals surface area contributed by atoms with Gasteiger partial charge in [-0.15, -0.1) is 0 Å². The number of ether oxygens (including phenoxy) is 1. The minimum Gasteiger partial charge on any atom is -0.467 e. The van der Waals surface area contributed by atoms with Crippen LogP contribution < -0.4 is 0 Å². The summed E-state index contributed by atoms with van der Waals surface area (Å²) in [6.07, 6.45) is 2.18. The van der Waals surface area contributed by atoms with Crippen LogP contribution in [0.1, 0.15) is 26.7 Å². The second-order valence-electron chi connectivity index (χ2n) is 3.70. The van der Waals surface area contributed by atoms with Gasteiger partial charge in [0.1, 0.15) is 0 Å². The van der Waals surface area contributed by atoms with Crippen LogP contribution in [0.15, 0.2) is 10.3 Å². The monoisotopic (exact) mass is 199 g/mol. The quantitative estimate of drug-likeness (QED) is 0.643. The van der Waals surface area contributed by atoms with E-state index in [1.54, 1.807) is 6.92 Å². The maximum absolute atomic E-state index is 11.4. The minimum atomic E-state index is -0.803. The van der Waals surface area contributed by atoms with Crippen LogP contribution in [0.4, 0.5) is 0 Å². The number of carbonyl (C=O) groups excluding carboxylic acids is 1. The average molecular weight is 199 g/mol. The molecule has 14 heavy (non-hydrogen) atoms. The van der Waals surface area contributed by atoms with Gasteiger partial charge in [0.15, 0.2) is 5.54 Å². The van der Waals surface area contributed by atoms with E-state index in [1.165, 1.54) is 7.11 Å². The molecule has 0 amide bonds. The van der Waals surface area contributed by atoms with E-state index in [1.807, 2.05) is 5.01 Å². The predicted octanol–water partition coefficient (Wildman–Crippen LogP) is 1.40. The Hall–Kier alpha value is -1.13. The second kappa shape index (κ2) is 4.39. The summed E-state index contributed by atoms with van der Waals surface area (Å²) in [5.74, 6) is -0.319. The molecule has 1 unspecified atom stereocenters. The van der Waals surface area contributed by atoms with Crippen molar-refractivity contribution < 1.29 is 9.53 Å². The van der Waals surface area contributed by atoms with Crippen LogP contribution in [0.2, 0.25) is 0 Å². The number of carbonyl (C=O) groups is 1. The lowest BCUT2D eigenvalue weighted by Gasteiger charge is -2.18. The van der Waals surface area contributed by atoms with Gasteiger partial charge in [0.2, 0.25) is 0 Å². The largest absolute Gasteiger partial charge is 0.467 e. The van der Waals surface area contributed by atoms with Crippen LogP contribution >= 0.6 is 0 Å². The molecule has 80 valence electrons. The van der Waals surface area contributed by atoms with E-state index in [9.17, 15) is 4.79 Å². The summed E-state index contributed by atoms with van der Waals surface area (Å²) < 4.78 is 4.67. The van der Waals surface area contributed by atoms with Gasteiger partial charge >= 0.3 is 5.97 Å². The highest BCUT2D eigenvalue weighted by molar-refractivity contribution is 5.80. The van der Waals surface area contributed by atoms with E-state index in [4.69, 9.17) is 0 Å². The first-order valence-corrected chi connectivity index (χ1v) is 4.88. The van der Waals surface area contributed by atoms with Crippen LogP contribution in [-0.4, -0.2) is 36.7 Å². The zero-order valence-corrected chi connectivity index (χ0v) is 8.99. The lowest BCUT2D eigenvalue weighted by atomic mass is 10.1. The minimum absolute atomic E-state index is 0.319. The van der Waals surface area contributed by atoms with Crippen molar-refractivity contribution in [3.63, 3.8) is 0 Å². The number of hydrogen-bond acceptors (Lipinski definition) is 5. The van der Waals surface area contributed by atoms with Gasteiger partial charge in [-0.25, -0.2) is 4.79 Å². The molecule has 0 bridgehead atoms. The van der Waals surface area contributed by atoms with Crippen LogP contribution in [0, 0.1) is 0 Å². The Bertz CT molecular complexity index is 242. The Morgan fingerprint density at radius 3 is 2.93 bits per heavy atom. The Kier molecular flexibility index (Phi) is 3.43. The highest BCUT2D eigenvalue weighted by Crippen LogP contribution is 2.22. The number of unbranched alkanes of at least 4 members (excludes halogenated alkanes) is 1. The summed E-state index contributed by atoms with van der Waals surface area (Å²) >= 11 is 0. The first-order chi connectivity index (χ1) is 6.62. The number of methoxy groups -OCH3 is 1. The fourth-order valence-corrected chi connectivity index (χ4v) is 1.37. The molecule has 0 aliphatic carbocycles. The summed E-state index contributed by atoms with van der Waals surface area (Å²) in [5, 5.41) is 9.72. The van der Waals surface area contributed by atoms with Crippen molar-refractivity contribution in [1.29, 1.82) is 0 Å². The molecule has 1 rings (SSSR count). The maximum atomic E-state index is 11.4. The van der Waals surface area contributed by atoms with Crippen molar-refractivity contribution >= 4 is 5.97 Å². The summed E-state index contributed by atoms with van der Waals surface area (Å²) in [4.78, 5) is 11.4. The second-order valence-corrected chi connectivity index (χ2v) is 3.70. The van der Waals surface area contributed by atoms with E-state index >= 15 is 0 Å². The third-order valence-electron chi connectivity index (χ3n) is 2.28. The van der Waals surface area contributed by atoms with Gasteiger partial charge < -0.3 is 4.74 Å². The van der Waals surface area contributed by atoms with Gasteiger partial charge in [-0.2, -0.15) is 5.11 Å². The van der Waals surface area contributed by atoms with Gasteiger partial charge in [-0.3, -0.25) is 5.01 Å². The molecule has 1 atom stereocenters. The Morgan fingerprint density at radius 2 is 2.36 bits per heavy atom. The third kappa shape index (κ3) is 2.21. The standard InChI is InChI=1S/C9H17N3O2/c1-4-5-6-12-7-9(2,10-11-12)8(13)14-3/h4-7H2,1-3H3. The molecule has 1 heterocycles. The molecule has 0 spiro atoms. The van der Waals surface area contributed by atoms with Crippen LogP contribution in [-0.2, 0) is 9.53 Å². The smallest absolute Gasteiger partial charge is 0.337 e. The first-order valence-electron chi connectivity index (χ1n) is 4.88. The summed E-state index contributed by atoms with van der Waals surface area (Å²) in [6, 6.07) is 0. The van der Waals surface area contributed by atoms with Crippen molar-refractivity contribution in [2.75, 3.05) is 20.2 Å². The van der Waals surface area contributed by atoms with Crippen molar-refractivity contribution in [2.24, 2.45) is 10.3 Å². The van der Waals surface area contributed by atoms with Gasteiger partial charge in [0.05, 0.1) is 13.7 Å². The number of rotatable bonds is 4. The molecule has 1 aliphatic heterocycles. The molecular weight excluding hydrogens is 182 g/mol. The van der Waals surface area contributed by atoms with Gasteiger partial charge in [0.25, 0.3) is 0 Å². The van der Waals surface area contributed by atoms with Gasteiger partial charge in [0, 0.05) is 6.54 Å². The van der Waals surface area contributed by atoms with E-state index in [0.717, 1.165) is 19.4 Å². The molecule has 5 nitrogen and oxygen atoms in total. The summed E-state index contributed by atoms with van der Waals surface area (Å²) in [7, 11) is 1.37. The molecule has 0 saturated carbocycles. The van der Waals surface area contributed by atoms with E-state index < -0.39 is 5.54 Å². The molecule has 5 heteroatoms. The molecule has 0 aromatic carbocycles. The van der Waals surface area contributed by atoms with Gasteiger partial charge in [-0.05, 0) is 13.3 Å². The van der Waals surface area contributed by atoms with Crippen molar-refractivity contribution in [1.82, 2.24) is 5.01 Å². The predicted molar refractivity (Wildman–Crippen MR) is 51.8 cm³/mol. The molecule has 1 aliphatic rings.